The van der Waals surface area contributed by atoms with Gasteiger partial charge in [-0.05, 0) is 47.7 Å². The van der Waals surface area contributed by atoms with Gasteiger partial charge in [-0.1, -0.05) is 38.1 Å². The van der Waals surface area contributed by atoms with Crippen LogP contribution in [0.4, 0.5) is 11.4 Å². The van der Waals surface area contributed by atoms with Gasteiger partial charge < -0.3 is 5.32 Å². The number of rotatable bonds is 7. The Hall–Kier alpha value is -3.48. The summed E-state index contributed by atoms with van der Waals surface area (Å²) in [6.45, 7) is 4.72. The molecule has 0 fully saturated rings. The van der Waals surface area contributed by atoms with Gasteiger partial charge in [0.05, 0.1) is 11.5 Å². The zero-order chi connectivity index (χ0) is 20.1. The van der Waals surface area contributed by atoms with Crippen LogP contribution in [0.2, 0.25) is 0 Å². The van der Waals surface area contributed by atoms with E-state index in [1.54, 1.807) is 12.1 Å². The predicted molar refractivity (Wildman–Crippen MR) is 108 cm³/mol. The summed E-state index contributed by atoms with van der Waals surface area (Å²) in [5, 5.41) is 17.6. The fraction of sp³-hybridized carbons (Fsp3) is 0.238. The maximum Gasteiger partial charge on any atom is 0.307 e. The molecular weight excluding hydrogens is 356 g/mol. The fourth-order valence-electron chi connectivity index (χ4n) is 2.82. The highest BCUT2D eigenvalue weighted by atomic mass is 16.6. The minimum absolute atomic E-state index is 0.0460. The number of nitrogens with one attached hydrogen (secondary N) is 1. The molecule has 3 aromatic rings. The highest BCUT2D eigenvalue weighted by molar-refractivity contribution is 6.04. The second kappa shape index (κ2) is 8.47. The van der Waals surface area contributed by atoms with Crippen LogP contribution in [0.15, 0.2) is 60.9 Å². The molecule has 0 saturated carbocycles. The maximum atomic E-state index is 12.4. The van der Waals surface area contributed by atoms with Crippen molar-refractivity contribution in [3.8, 4) is 0 Å². The molecule has 0 spiro atoms. The number of nitrogens with zero attached hydrogens (tertiary/aromatic N) is 3. The summed E-state index contributed by atoms with van der Waals surface area (Å²) in [5.74, 6) is 0.311. The number of aromatic nitrogens is 2. The van der Waals surface area contributed by atoms with Gasteiger partial charge in [-0.25, -0.2) is 0 Å². The van der Waals surface area contributed by atoms with E-state index < -0.39 is 4.92 Å². The Kier molecular flexibility index (Phi) is 5.84. The molecule has 2 aromatic carbocycles. The fourth-order valence-corrected chi connectivity index (χ4v) is 2.82. The Morgan fingerprint density at radius 2 is 1.86 bits per heavy atom. The molecule has 0 saturated heterocycles. The van der Waals surface area contributed by atoms with E-state index in [-0.39, 0.29) is 11.6 Å². The van der Waals surface area contributed by atoms with E-state index in [1.807, 2.05) is 36.4 Å². The van der Waals surface area contributed by atoms with E-state index in [9.17, 15) is 14.9 Å². The zero-order valence-corrected chi connectivity index (χ0v) is 15.8. The lowest BCUT2D eigenvalue weighted by Gasteiger charge is -2.11. The maximum absolute atomic E-state index is 12.4. The van der Waals surface area contributed by atoms with E-state index in [4.69, 9.17) is 0 Å². The van der Waals surface area contributed by atoms with Gasteiger partial charge in [-0.3, -0.25) is 19.6 Å². The monoisotopic (exact) mass is 378 g/mol. The molecule has 144 valence electrons. The number of amides is 1. The number of carbonyl (C=O) groups excluding carboxylic acids is 1. The van der Waals surface area contributed by atoms with Crippen LogP contribution in [0.5, 0.6) is 0 Å². The zero-order valence-electron chi connectivity index (χ0n) is 15.8. The van der Waals surface area contributed by atoms with Crippen molar-refractivity contribution in [2.24, 2.45) is 0 Å². The molecule has 1 N–H and O–H groups in total. The van der Waals surface area contributed by atoms with Gasteiger partial charge in [-0.2, -0.15) is 5.10 Å². The molecule has 1 aromatic heterocycles. The van der Waals surface area contributed by atoms with Gasteiger partial charge in [0.2, 0.25) is 0 Å². The summed E-state index contributed by atoms with van der Waals surface area (Å²) in [4.78, 5) is 22.7. The number of hydrogen-bond acceptors (Lipinski definition) is 4. The van der Waals surface area contributed by atoms with Gasteiger partial charge in [0.15, 0.2) is 0 Å². The van der Waals surface area contributed by atoms with E-state index in [1.165, 1.54) is 22.6 Å². The lowest BCUT2D eigenvalue weighted by molar-refractivity contribution is -0.385. The summed E-state index contributed by atoms with van der Waals surface area (Å²) in [6.07, 6.45) is 3.67. The highest BCUT2D eigenvalue weighted by Gasteiger charge is 2.10. The molecule has 0 aliphatic heterocycles. The topological polar surface area (TPSA) is 90.1 Å². The Morgan fingerprint density at radius 1 is 1.18 bits per heavy atom. The van der Waals surface area contributed by atoms with Gasteiger partial charge in [0.25, 0.3) is 5.91 Å². The Bertz CT molecular complexity index is 962. The van der Waals surface area contributed by atoms with Gasteiger partial charge in [0.1, 0.15) is 12.4 Å². The lowest BCUT2D eigenvalue weighted by Crippen LogP contribution is -2.12. The molecule has 0 aliphatic rings. The third-order valence-electron chi connectivity index (χ3n) is 4.74. The largest absolute Gasteiger partial charge is 0.322 e. The SMILES string of the molecule is CC[C@@H](C)c1ccc(NC(=O)c2ccc(Cn3cc([N+](=O)[O-])cn3)cc2)cc1. The number of hydrogen-bond donors (Lipinski definition) is 1. The normalized spacial score (nSPS) is 11.8. The van der Waals surface area contributed by atoms with Crippen LogP contribution in [0.1, 0.15) is 47.7 Å². The van der Waals surface area contributed by atoms with Crippen LogP contribution in [0.25, 0.3) is 0 Å². The van der Waals surface area contributed by atoms with Crippen LogP contribution >= 0.6 is 0 Å². The standard InChI is InChI=1S/C21H22N4O3/c1-3-15(2)17-8-10-19(11-9-17)23-21(26)18-6-4-16(5-7-18)13-24-14-20(12-22-24)25(27)28/h4-12,14-15H,3,13H2,1-2H3,(H,23,26)/t15-/m1/s1. The molecule has 0 bridgehead atoms. The summed E-state index contributed by atoms with van der Waals surface area (Å²) in [5.41, 5.74) is 3.40. The molecule has 28 heavy (non-hydrogen) atoms. The first-order valence-electron chi connectivity index (χ1n) is 9.13. The average Bonchev–Trinajstić information content (AvgIpc) is 3.17. The number of anilines is 1. The minimum atomic E-state index is -0.480. The third-order valence-corrected chi connectivity index (χ3v) is 4.74. The van der Waals surface area contributed by atoms with E-state index in [2.05, 4.69) is 24.3 Å². The van der Waals surface area contributed by atoms with E-state index >= 15 is 0 Å². The van der Waals surface area contributed by atoms with Crippen molar-refractivity contribution in [1.29, 1.82) is 0 Å². The molecule has 0 radical (unpaired) electrons. The lowest BCUT2D eigenvalue weighted by atomic mass is 9.98. The van der Waals surface area contributed by atoms with Crippen molar-refractivity contribution in [1.82, 2.24) is 9.78 Å². The first kappa shape index (κ1) is 19.3. The number of benzene rings is 2. The van der Waals surface area contributed by atoms with Crippen molar-refractivity contribution in [3.63, 3.8) is 0 Å². The van der Waals surface area contributed by atoms with Crippen molar-refractivity contribution < 1.29 is 9.72 Å². The molecule has 0 unspecified atom stereocenters. The molecule has 1 amide bonds. The number of nitro groups is 1. The summed E-state index contributed by atoms with van der Waals surface area (Å²) < 4.78 is 1.49. The molecule has 3 rings (SSSR count). The average molecular weight is 378 g/mol. The van der Waals surface area contributed by atoms with E-state index in [0.717, 1.165) is 17.7 Å². The van der Waals surface area contributed by atoms with Crippen LogP contribution in [-0.2, 0) is 6.54 Å². The minimum Gasteiger partial charge on any atom is -0.322 e. The van der Waals surface area contributed by atoms with Crippen LogP contribution in [-0.4, -0.2) is 20.6 Å². The Morgan fingerprint density at radius 3 is 2.43 bits per heavy atom. The molecule has 1 heterocycles. The molecule has 0 aliphatic carbocycles. The molecule has 7 nitrogen and oxygen atoms in total. The van der Waals surface area contributed by atoms with Gasteiger partial charge in [-0.15, -0.1) is 0 Å². The quantitative estimate of drug-likeness (QED) is 0.480. The third kappa shape index (κ3) is 4.62. The van der Waals surface area contributed by atoms with E-state index in [0.29, 0.717) is 18.0 Å². The van der Waals surface area contributed by atoms with Gasteiger partial charge >= 0.3 is 5.69 Å². The van der Waals surface area contributed by atoms with Crippen LogP contribution in [0, 0.1) is 10.1 Å². The van der Waals surface area contributed by atoms with Crippen molar-refractivity contribution in [2.75, 3.05) is 5.32 Å². The highest BCUT2D eigenvalue weighted by Crippen LogP contribution is 2.21. The first-order valence-corrected chi connectivity index (χ1v) is 9.13. The summed E-state index contributed by atoms with van der Waals surface area (Å²) >= 11 is 0. The summed E-state index contributed by atoms with van der Waals surface area (Å²) in [7, 11) is 0. The molecule has 7 heteroatoms. The molecule has 1 atom stereocenters. The van der Waals surface area contributed by atoms with Crippen molar-refractivity contribution in [3.05, 3.63) is 87.7 Å². The van der Waals surface area contributed by atoms with Crippen molar-refractivity contribution >= 4 is 17.3 Å². The first-order chi connectivity index (χ1) is 13.5. The second-order valence-corrected chi connectivity index (χ2v) is 6.74. The molecular formula is C21H22N4O3. The summed E-state index contributed by atoms with van der Waals surface area (Å²) in [6, 6.07) is 15.0. The Balaban J connectivity index is 1.62. The van der Waals surface area contributed by atoms with Crippen LogP contribution in [0.3, 0.4) is 0 Å². The number of carbonyl (C=O) groups is 1. The van der Waals surface area contributed by atoms with Crippen LogP contribution < -0.4 is 5.32 Å². The van der Waals surface area contributed by atoms with Crippen molar-refractivity contribution in [2.45, 2.75) is 32.7 Å². The van der Waals surface area contributed by atoms with Gasteiger partial charge in [0, 0.05) is 11.3 Å². The Labute approximate surface area is 163 Å². The second-order valence-electron chi connectivity index (χ2n) is 6.74. The predicted octanol–water partition coefficient (Wildman–Crippen LogP) is 4.61. The smallest absolute Gasteiger partial charge is 0.307 e.